The van der Waals surface area contributed by atoms with Gasteiger partial charge in [-0.15, -0.1) is 0 Å². The number of halogens is 3. The van der Waals surface area contributed by atoms with E-state index in [-0.39, 0.29) is 0 Å². The minimum absolute atomic E-state index is 0.407. The van der Waals surface area contributed by atoms with Gasteiger partial charge in [0.15, 0.2) is 0 Å². The van der Waals surface area contributed by atoms with Crippen molar-refractivity contribution in [1.82, 2.24) is 9.97 Å². The first-order chi connectivity index (χ1) is 9.10. The van der Waals surface area contributed by atoms with Crippen molar-refractivity contribution in [2.24, 2.45) is 0 Å². The fourth-order valence-electron chi connectivity index (χ4n) is 1.32. The number of nitrogens with zero attached hydrogens (tertiary/aromatic N) is 2. The maximum atomic E-state index is 5.93. The van der Waals surface area contributed by atoms with Gasteiger partial charge in [0.2, 0.25) is 11.8 Å². The molecule has 0 radical (unpaired) electrons. The Morgan fingerprint density at radius 2 is 2.11 bits per heavy atom. The molecule has 0 spiro atoms. The first-order valence-corrected chi connectivity index (χ1v) is 7.04. The van der Waals surface area contributed by atoms with Gasteiger partial charge in [-0.2, -0.15) is 4.98 Å². The molecule has 7 heteroatoms. The molecule has 0 aliphatic carbocycles. The lowest BCUT2D eigenvalue weighted by Gasteiger charge is -2.09. The highest BCUT2D eigenvalue weighted by atomic mass is 79.9. The number of hydrogen-bond donors (Lipinski definition) is 1. The molecule has 0 atom stereocenters. The third-order valence-corrected chi connectivity index (χ3v) is 3.44. The number of rotatable bonds is 4. The number of benzene rings is 1. The normalized spacial score (nSPS) is 10.3. The summed E-state index contributed by atoms with van der Waals surface area (Å²) in [5, 5.41) is 3.91. The third-order valence-electron chi connectivity index (χ3n) is 2.15. The first-order valence-electron chi connectivity index (χ1n) is 5.49. The SMILES string of the molecule is CCNc1ncc(Br)c(Oc2ccc(Cl)c(Cl)c2)n1. The van der Waals surface area contributed by atoms with Crippen LogP contribution in [0.3, 0.4) is 0 Å². The second-order valence-electron chi connectivity index (χ2n) is 3.56. The van der Waals surface area contributed by atoms with Crippen LogP contribution in [0.1, 0.15) is 6.92 Å². The molecule has 1 aromatic carbocycles. The predicted octanol–water partition coefficient (Wildman–Crippen LogP) is 4.77. The number of anilines is 1. The Hall–Kier alpha value is -1.04. The summed E-state index contributed by atoms with van der Waals surface area (Å²) in [5.41, 5.74) is 0. The monoisotopic (exact) mass is 361 g/mol. The number of nitrogens with one attached hydrogen (secondary N) is 1. The average molecular weight is 363 g/mol. The molecule has 0 saturated carbocycles. The Labute approximate surface area is 129 Å². The van der Waals surface area contributed by atoms with Crippen LogP contribution in [0, 0.1) is 0 Å². The Kier molecular flexibility index (Phi) is 4.85. The standard InChI is InChI=1S/C12H10BrCl2N3O/c1-2-16-12-17-6-8(13)11(18-12)19-7-3-4-9(14)10(15)5-7/h3-6H,2H2,1H3,(H,16,17,18). The summed E-state index contributed by atoms with van der Waals surface area (Å²) in [6.07, 6.45) is 1.62. The van der Waals surface area contributed by atoms with Crippen LogP contribution in [-0.2, 0) is 0 Å². The minimum atomic E-state index is 0.407. The summed E-state index contributed by atoms with van der Waals surface area (Å²) in [5.74, 6) is 1.46. The summed E-state index contributed by atoms with van der Waals surface area (Å²) in [6.45, 7) is 2.69. The van der Waals surface area contributed by atoms with Crippen molar-refractivity contribution < 1.29 is 4.74 Å². The molecular weight excluding hydrogens is 353 g/mol. The van der Waals surface area contributed by atoms with E-state index in [9.17, 15) is 0 Å². The molecule has 0 unspecified atom stereocenters. The van der Waals surface area contributed by atoms with Crippen molar-refractivity contribution in [2.75, 3.05) is 11.9 Å². The van der Waals surface area contributed by atoms with Crippen molar-refractivity contribution in [3.8, 4) is 11.6 Å². The van der Waals surface area contributed by atoms with Crippen molar-refractivity contribution in [1.29, 1.82) is 0 Å². The number of aromatic nitrogens is 2. The Balaban J connectivity index is 2.26. The van der Waals surface area contributed by atoms with E-state index in [1.807, 2.05) is 6.92 Å². The highest BCUT2D eigenvalue weighted by molar-refractivity contribution is 9.10. The molecule has 1 aromatic heterocycles. The number of ether oxygens (including phenoxy) is 1. The Bertz CT molecular complexity index is 595. The molecule has 0 amide bonds. The van der Waals surface area contributed by atoms with E-state index in [0.29, 0.717) is 32.1 Å². The summed E-state index contributed by atoms with van der Waals surface area (Å²) in [4.78, 5) is 8.35. The van der Waals surface area contributed by atoms with Crippen LogP contribution in [0.5, 0.6) is 11.6 Å². The van der Waals surface area contributed by atoms with Gasteiger partial charge >= 0.3 is 0 Å². The molecule has 0 aliphatic rings. The van der Waals surface area contributed by atoms with E-state index in [2.05, 4.69) is 31.2 Å². The lowest BCUT2D eigenvalue weighted by molar-refractivity contribution is 0.459. The summed E-state index contributed by atoms with van der Waals surface area (Å²) in [7, 11) is 0. The van der Waals surface area contributed by atoms with Gasteiger partial charge in [-0.05, 0) is 35.0 Å². The molecule has 0 saturated heterocycles. The van der Waals surface area contributed by atoms with Gasteiger partial charge in [-0.25, -0.2) is 4.98 Å². The van der Waals surface area contributed by atoms with Crippen molar-refractivity contribution in [2.45, 2.75) is 6.92 Å². The van der Waals surface area contributed by atoms with Gasteiger partial charge in [-0.1, -0.05) is 23.2 Å². The van der Waals surface area contributed by atoms with Gasteiger partial charge in [0, 0.05) is 12.6 Å². The van der Waals surface area contributed by atoms with Gasteiger partial charge in [-0.3, -0.25) is 0 Å². The van der Waals surface area contributed by atoms with Crippen LogP contribution in [0.2, 0.25) is 10.0 Å². The van der Waals surface area contributed by atoms with Gasteiger partial charge in [0.1, 0.15) is 5.75 Å². The molecule has 4 nitrogen and oxygen atoms in total. The van der Waals surface area contributed by atoms with Crippen LogP contribution < -0.4 is 10.1 Å². The van der Waals surface area contributed by atoms with Crippen molar-refractivity contribution >= 4 is 45.1 Å². The molecule has 0 bridgehead atoms. The maximum absolute atomic E-state index is 5.93. The van der Waals surface area contributed by atoms with Crippen LogP contribution >= 0.6 is 39.1 Å². The zero-order chi connectivity index (χ0) is 13.8. The molecule has 2 aromatic rings. The van der Waals surface area contributed by atoms with Crippen LogP contribution in [0.4, 0.5) is 5.95 Å². The highest BCUT2D eigenvalue weighted by Gasteiger charge is 2.08. The fraction of sp³-hybridized carbons (Fsp3) is 0.167. The quantitative estimate of drug-likeness (QED) is 0.850. The molecular formula is C12H10BrCl2N3O. The molecule has 1 heterocycles. The summed E-state index contributed by atoms with van der Waals surface area (Å²) in [6, 6.07) is 5.01. The highest BCUT2D eigenvalue weighted by Crippen LogP contribution is 2.31. The van der Waals surface area contributed by atoms with Crippen LogP contribution in [-0.4, -0.2) is 16.5 Å². The lowest BCUT2D eigenvalue weighted by atomic mass is 10.3. The minimum Gasteiger partial charge on any atom is -0.438 e. The van der Waals surface area contributed by atoms with Crippen molar-refractivity contribution in [3.05, 3.63) is 38.9 Å². The van der Waals surface area contributed by atoms with E-state index in [1.54, 1.807) is 24.4 Å². The molecule has 0 aliphatic heterocycles. The van der Waals surface area contributed by atoms with E-state index in [0.717, 1.165) is 6.54 Å². The van der Waals surface area contributed by atoms with E-state index >= 15 is 0 Å². The van der Waals surface area contributed by atoms with Gasteiger partial charge < -0.3 is 10.1 Å². The third kappa shape index (κ3) is 3.72. The zero-order valence-corrected chi connectivity index (χ0v) is 13.1. The summed E-state index contributed by atoms with van der Waals surface area (Å²) < 4.78 is 6.30. The smallest absolute Gasteiger partial charge is 0.238 e. The Morgan fingerprint density at radius 1 is 1.32 bits per heavy atom. The van der Waals surface area contributed by atoms with Crippen LogP contribution in [0.25, 0.3) is 0 Å². The van der Waals surface area contributed by atoms with E-state index in [1.165, 1.54) is 0 Å². The zero-order valence-electron chi connectivity index (χ0n) is 9.95. The average Bonchev–Trinajstić information content (AvgIpc) is 2.38. The fourth-order valence-corrected chi connectivity index (χ4v) is 1.88. The maximum Gasteiger partial charge on any atom is 0.238 e. The molecule has 100 valence electrons. The van der Waals surface area contributed by atoms with Crippen molar-refractivity contribution in [3.63, 3.8) is 0 Å². The molecule has 2 rings (SSSR count). The Morgan fingerprint density at radius 3 is 2.79 bits per heavy atom. The van der Waals surface area contributed by atoms with E-state index < -0.39 is 0 Å². The second-order valence-corrected chi connectivity index (χ2v) is 5.22. The first kappa shape index (κ1) is 14.4. The lowest BCUT2D eigenvalue weighted by Crippen LogP contribution is -2.03. The topological polar surface area (TPSA) is 47.0 Å². The predicted molar refractivity (Wildman–Crippen MR) is 80.4 cm³/mol. The summed E-state index contributed by atoms with van der Waals surface area (Å²) >= 11 is 15.1. The molecule has 19 heavy (non-hydrogen) atoms. The molecule has 1 N–H and O–H groups in total. The second kappa shape index (κ2) is 6.41. The van der Waals surface area contributed by atoms with Gasteiger partial charge in [0.05, 0.1) is 20.7 Å². The van der Waals surface area contributed by atoms with E-state index in [4.69, 9.17) is 27.9 Å². The van der Waals surface area contributed by atoms with Gasteiger partial charge in [0.25, 0.3) is 0 Å². The molecule has 0 fully saturated rings. The number of hydrogen-bond acceptors (Lipinski definition) is 4. The van der Waals surface area contributed by atoms with Crippen LogP contribution in [0.15, 0.2) is 28.9 Å². The largest absolute Gasteiger partial charge is 0.438 e.